The molecule has 14 heteroatoms. The Bertz CT molecular complexity index is 1430. The maximum Gasteiger partial charge on any atom is 0.420 e. The van der Waals surface area contributed by atoms with Crippen molar-refractivity contribution in [3.05, 3.63) is 57.8 Å². The highest BCUT2D eigenvalue weighted by Gasteiger charge is 2.33. The van der Waals surface area contributed by atoms with Gasteiger partial charge in [0.2, 0.25) is 5.78 Å². The zero-order chi connectivity index (χ0) is 27.2. The van der Waals surface area contributed by atoms with E-state index < -0.39 is 57.8 Å². The minimum Gasteiger partial charge on any atom is -0.754 e. The topological polar surface area (TPSA) is 108 Å². The summed E-state index contributed by atoms with van der Waals surface area (Å²) in [6.45, 7) is 4.57. The van der Waals surface area contributed by atoms with Crippen molar-refractivity contribution in [3.63, 3.8) is 0 Å². The number of ether oxygens (including phenoxy) is 1. The normalized spacial score (nSPS) is 17.2. The number of halogens is 4. The number of nitrogens with zero attached hydrogens (tertiary/aromatic N) is 4. The first-order valence-electron chi connectivity index (χ1n) is 11.0. The van der Waals surface area contributed by atoms with Gasteiger partial charge in [0.05, 0.1) is 28.9 Å². The lowest BCUT2D eigenvalue weighted by molar-refractivity contribution is 0.0543. The largest absolute Gasteiger partial charge is 0.754 e. The van der Waals surface area contributed by atoms with E-state index in [4.69, 9.17) is 4.74 Å². The number of ketones is 1. The molecule has 1 aliphatic rings. The summed E-state index contributed by atoms with van der Waals surface area (Å²) in [6, 6.07) is 3.04. The number of benzene rings is 1. The summed E-state index contributed by atoms with van der Waals surface area (Å²) in [5.74, 6) is -3.88. The van der Waals surface area contributed by atoms with Gasteiger partial charge in [-0.3, -0.25) is 9.00 Å². The van der Waals surface area contributed by atoms with E-state index in [0.717, 1.165) is 27.9 Å². The van der Waals surface area contributed by atoms with Gasteiger partial charge in [-0.2, -0.15) is 0 Å². The molecule has 1 aliphatic heterocycles. The fourth-order valence-electron chi connectivity index (χ4n) is 3.94. The molecule has 1 saturated heterocycles. The molecule has 2 aromatic heterocycles. The van der Waals surface area contributed by atoms with Crippen LogP contribution in [0, 0.1) is 11.6 Å². The van der Waals surface area contributed by atoms with Crippen LogP contribution < -0.4 is 4.41 Å². The quantitative estimate of drug-likeness (QED) is 0.309. The van der Waals surface area contributed by atoms with Gasteiger partial charge >= 0.3 is 6.09 Å². The van der Waals surface area contributed by atoms with E-state index in [1.165, 1.54) is 12.3 Å². The van der Waals surface area contributed by atoms with Gasteiger partial charge in [0.25, 0.3) is 0 Å². The Balaban J connectivity index is 1.85. The average molecular weight is 602 g/mol. The molecular formula is C23H21BrF3N4O5S-. The lowest BCUT2D eigenvalue weighted by atomic mass is 10.0. The smallest absolute Gasteiger partial charge is 0.420 e. The zero-order valence-corrected chi connectivity index (χ0v) is 22.2. The Labute approximate surface area is 220 Å². The van der Waals surface area contributed by atoms with Gasteiger partial charge in [-0.15, -0.1) is 0 Å². The van der Waals surface area contributed by atoms with E-state index in [1.807, 2.05) is 0 Å². The van der Waals surface area contributed by atoms with Crippen molar-refractivity contribution in [2.24, 2.45) is 0 Å². The van der Waals surface area contributed by atoms with Gasteiger partial charge in [0.15, 0.2) is 5.82 Å². The van der Waals surface area contributed by atoms with Crippen molar-refractivity contribution in [1.82, 2.24) is 14.6 Å². The molecule has 0 amide bonds. The summed E-state index contributed by atoms with van der Waals surface area (Å²) in [6.07, 6.45) is 0.247. The maximum absolute atomic E-state index is 15.7. The van der Waals surface area contributed by atoms with Crippen molar-refractivity contribution in [1.29, 1.82) is 0 Å². The van der Waals surface area contributed by atoms with Gasteiger partial charge in [0.1, 0.15) is 28.9 Å². The molecule has 0 N–H and O–H groups in total. The average Bonchev–Trinajstić information content (AvgIpc) is 3.37. The van der Waals surface area contributed by atoms with Crippen LogP contribution in [0.2, 0.25) is 0 Å². The van der Waals surface area contributed by atoms with Gasteiger partial charge in [-0.1, -0.05) is 0 Å². The highest BCUT2D eigenvalue weighted by atomic mass is 79.9. The highest BCUT2D eigenvalue weighted by molar-refractivity contribution is 9.10. The van der Waals surface area contributed by atoms with Crippen molar-refractivity contribution >= 4 is 55.8 Å². The molecule has 198 valence electrons. The lowest BCUT2D eigenvalue weighted by Gasteiger charge is -2.34. The third kappa shape index (κ3) is 5.42. The predicted octanol–water partition coefficient (Wildman–Crippen LogP) is 4.65. The number of fused-ring (bicyclic) bond motifs is 1. The Hall–Kier alpha value is -2.81. The number of pyridine rings is 1. The van der Waals surface area contributed by atoms with Crippen LogP contribution in [0.5, 0.6) is 0 Å². The number of aromatic nitrogens is 2. The van der Waals surface area contributed by atoms with Crippen LogP contribution >= 0.6 is 15.9 Å². The second kappa shape index (κ2) is 10.2. The van der Waals surface area contributed by atoms with Crippen LogP contribution in [-0.2, 0) is 16.0 Å². The molecule has 4 rings (SSSR count). The van der Waals surface area contributed by atoms with Crippen LogP contribution in [0.4, 0.5) is 23.7 Å². The molecule has 1 unspecified atom stereocenters. The summed E-state index contributed by atoms with van der Waals surface area (Å²) in [7, 11) is 0. The first-order valence-corrected chi connectivity index (χ1v) is 12.8. The van der Waals surface area contributed by atoms with Crippen LogP contribution in [0.1, 0.15) is 43.1 Å². The molecule has 0 spiro atoms. The highest BCUT2D eigenvalue weighted by Crippen LogP contribution is 2.33. The van der Waals surface area contributed by atoms with Gasteiger partial charge < -0.3 is 9.29 Å². The van der Waals surface area contributed by atoms with Crippen LogP contribution in [0.3, 0.4) is 0 Å². The number of hydrogen-bond acceptors (Lipinski definition) is 7. The predicted molar refractivity (Wildman–Crippen MR) is 131 cm³/mol. The van der Waals surface area contributed by atoms with Crippen LogP contribution in [-0.4, -0.2) is 60.1 Å². The van der Waals surface area contributed by atoms with E-state index in [9.17, 15) is 27.1 Å². The standard InChI is InChI=1S/C23H22BrF3N4O5S/c1-23(2,3)36-22(33)30-11-15(14-8-12(24)9-28-21(14)30)20(32)18-16(26)4-5-17(19(18)27)31(37(34)35)29-7-6-13(25)10-29/h4-5,8-9,11,13H,6-7,10H2,1-3H3,(H,34,35)/p-1/t13-/m1/s1. The molecule has 1 fully saturated rings. The molecule has 0 saturated carbocycles. The third-order valence-corrected chi connectivity index (χ3v) is 6.60. The molecule has 37 heavy (non-hydrogen) atoms. The summed E-state index contributed by atoms with van der Waals surface area (Å²) in [4.78, 5) is 30.4. The molecule has 3 aromatic rings. The van der Waals surface area contributed by atoms with E-state index >= 15 is 4.39 Å². The minimum atomic E-state index is -3.09. The van der Waals surface area contributed by atoms with E-state index in [1.54, 1.807) is 20.8 Å². The second-order valence-corrected chi connectivity index (χ2v) is 11.0. The van der Waals surface area contributed by atoms with Crippen LogP contribution in [0.15, 0.2) is 35.1 Å². The fourth-order valence-corrected chi connectivity index (χ4v) is 4.91. The Morgan fingerprint density at radius 1 is 1.30 bits per heavy atom. The fraction of sp³-hybridized carbons (Fsp3) is 0.348. The molecule has 0 aliphatic carbocycles. The Morgan fingerprint density at radius 3 is 2.59 bits per heavy atom. The van der Waals surface area contributed by atoms with Gasteiger partial charge in [0, 0.05) is 28.8 Å². The first-order chi connectivity index (χ1) is 17.3. The Morgan fingerprint density at radius 2 is 2.00 bits per heavy atom. The molecule has 2 atom stereocenters. The van der Waals surface area contributed by atoms with Crippen molar-refractivity contribution in [2.75, 3.05) is 17.5 Å². The molecule has 9 nitrogen and oxygen atoms in total. The van der Waals surface area contributed by atoms with E-state index in [2.05, 4.69) is 20.9 Å². The zero-order valence-electron chi connectivity index (χ0n) is 19.8. The van der Waals surface area contributed by atoms with E-state index in [-0.39, 0.29) is 36.1 Å². The maximum atomic E-state index is 15.7. The first kappa shape index (κ1) is 27.2. The number of hydrazine groups is 1. The number of alkyl halides is 1. The molecular weight excluding hydrogens is 581 g/mol. The second-order valence-electron chi connectivity index (χ2n) is 9.29. The monoisotopic (exact) mass is 601 g/mol. The lowest BCUT2D eigenvalue weighted by Crippen LogP contribution is -2.43. The minimum absolute atomic E-state index is 0.00566. The molecule has 3 heterocycles. The summed E-state index contributed by atoms with van der Waals surface area (Å²) < 4.78 is 75.4. The van der Waals surface area contributed by atoms with Gasteiger partial charge in [-0.05, 0) is 61.3 Å². The van der Waals surface area contributed by atoms with Crippen molar-refractivity contribution < 1.29 is 36.3 Å². The number of anilines is 1. The van der Waals surface area contributed by atoms with Crippen LogP contribution in [0.25, 0.3) is 11.0 Å². The number of rotatable bonds is 5. The van der Waals surface area contributed by atoms with Crippen molar-refractivity contribution in [3.8, 4) is 0 Å². The summed E-state index contributed by atoms with van der Waals surface area (Å²) >= 11 is 0.134. The van der Waals surface area contributed by atoms with Crippen molar-refractivity contribution in [2.45, 2.75) is 39.0 Å². The third-order valence-electron chi connectivity index (χ3n) is 5.46. The Kier molecular flexibility index (Phi) is 7.48. The number of carbonyl (C=O) groups excluding carboxylic acids is 2. The summed E-state index contributed by atoms with van der Waals surface area (Å²) in [5.41, 5.74) is -2.85. The molecule has 0 bridgehead atoms. The molecule has 1 aromatic carbocycles. The SMILES string of the molecule is CC(C)(C)OC(=O)n1cc(C(=O)c2c(F)ccc(N(N3CC[C@@H](F)C3)S(=O)[O-])c2F)c2cc(Br)cnc21. The molecule has 0 radical (unpaired) electrons. The number of carbonyl (C=O) groups is 2. The van der Waals surface area contributed by atoms with E-state index in [0.29, 0.717) is 8.89 Å². The van der Waals surface area contributed by atoms with Gasteiger partial charge in [-0.25, -0.2) is 36.9 Å². The number of hydrogen-bond donors (Lipinski definition) is 0. The summed E-state index contributed by atoms with van der Waals surface area (Å²) in [5, 5.41) is 1.15.